The topological polar surface area (TPSA) is 70.7 Å². The fourth-order valence-electron chi connectivity index (χ4n) is 3.94. The van der Waals surface area contributed by atoms with Crippen molar-refractivity contribution in [3.63, 3.8) is 0 Å². The van der Waals surface area contributed by atoms with Crippen molar-refractivity contribution in [3.05, 3.63) is 58.4 Å². The average Bonchev–Trinajstić information content (AvgIpc) is 3.04. The Morgan fingerprint density at radius 3 is 2.68 bits per heavy atom. The molecule has 6 nitrogen and oxygen atoms in total. The fourth-order valence-corrected chi connectivity index (χ4v) is 4.07. The van der Waals surface area contributed by atoms with Gasteiger partial charge in [0.1, 0.15) is 11.9 Å². The van der Waals surface area contributed by atoms with Crippen LogP contribution >= 0.6 is 11.6 Å². The number of aryl methyl sites for hydroxylation is 1. The van der Waals surface area contributed by atoms with Gasteiger partial charge in [0.25, 0.3) is 0 Å². The van der Waals surface area contributed by atoms with Crippen LogP contribution in [-0.2, 0) is 4.79 Å². The molecule has 7 heteroatoms. The second kappa shape index (κ2) is 7.09. The van der Waals surface area contributed by atoms with E-state index >= 15 is 0 Å². The van der Waals surface area contributed by atoms with Crippen molar-refractivity contribution in [2.45, 2.75) is 39.2 Å². The van der Waals surface area contributed by atoms with E-state index in [4.69, 9.17) is 16.7 Å². The SMILES string of the molecule is CC[C@@H]1CN(c2cc(C)nc3cc(C(C)c4ccc(Cl)cc4)nn23)[C@H]1C(=O)O. The summed E-state index contributed by atoms with van der Waals surface area (Å²) in [7, 11) is 0. The van der Waals surface area contributed by atoms with Gasteiger partial charge in [0.2, 0.25) is 0 Å². The summed E-state index contributed by atoms with van der Waals surface area (Å²) >= 11 is 6.00. The number of anilines is 1. The average molecular weight is 399 g/mol. The van der Waals surface area contributed by atoms with Crippen LogP contribution in [0, 0.1) is 12.8 Å². The van der Waals surface area contributed by atoms with Crippen molar-refractivity contribution >= 4 is 29.0 Å². The zero-order chi connectivity index (χ0) is 20.0. The van der Waals surface area contributed by atoms with E-state index in [1.807, 2.05) is 55.1 Å². The number of halogens is 1. The van der Waals surface area contributed by atoms with E-state index in [0.717, 1.165) is 34.8 Å². The summed E-state index contributed by atoms with van der Waals surface area (Å²) in [5.41, 5.74) is 3.58. The molecule has 0 bridgehead atoms. The molecule has 1 aromatic carbocycles. The Bertz CT molecular complexity index is 1030. The van der Waals surface area contributed by atoms with Crippen LogP contribution in [0.1, 0.15) is 43.1 Å². The molecule has 2 aromatic heterocycles. The molecular weight excluding hydrogens is 376 g/mol. The summed E-state index contributed by atoms with van der Waals surface area (Å²) < 4.78 is 1.77. The van der Waals surface area contributed by atoms with Crippen molar-refractivity contribution in [1.29, 1.82) is 0 Å². The molecule has 0 saturated carbocycles. The van der Waals surface area contributed by atoms with Gasteiger partial charge < -0.3 is 10.0 Å². The molecule has 146 valence electrons. The van der Waals surface area contributed by atoms with Crippen LogP contribution in [0.25, 0.3) is 5.65 Å². The summed E-state index contributed by atoms with van der Waals surface area (Å²) in [6, 6.07) is 11.1. The lowest BCUT2D eigenvalue weighted by atomic mass is 9.86. The Morgan fingerprint density at radius 2 is 2.04 bits per heavy atom. The first kappa shape index (κ1) is 18.7. The Labute approximate surface area is 168 Å². The molecule has 1 aliphatic rings. The molecule has 28 heavy (non-hydrogen) atoms. The third-order valence-electron chi connectivity index (χ3n) is 5.65. The number of aliphatic carboxylic acids is 1. The van der Waals surface area contributed by atoms with Gasteiger partial charge in [0, 0.05) is 41.2 Å². The Morgan fingerprint density at radius 1 is 1.32 bits per heavy atom. The molecule has 3 atom stereocenters. The summed E-state index contributed by atoms with van der Waals surface area (Å²) in [6.45, 7) is 6.76. The summed E-state index contributed by atoms with van der Waals surface area (Å²) in [5.74, 6) is 0.225. The molecule has 1 N–H and O–H groups in total. The van der Waals surface area contributed by atoms with E-state index in [-0.39, 0.29) is 11.8 Å². The number of nitrogens with zero attached hydrogens (tertiary/aromatic N) is 4. The van der Waals surface area contributed by atoms with E-state index in [1.54, 1.807) is 4.52 Å². The highest BCUT2D eigenvalue weighted by atomic mass is 35.5. The lowest BCUT2D eigenvalue weighted by molar-refractivity contribution is -0.141. The van der Waals surface area contributed by atoms with Crippen LogP contribution in [0.5, 0.6) is 0 Å². The molecule has 4 rings (SSSR count). The number of aromatic nitrogens is 3. The molecule has 1 saturated heterocycles. The van der Waals surface area contributed by atoms with Gasteiger partial charge in [-0.25, -0.2) is 9.78 Å². The van der Waals surface area contributed by atoms with E-state index in [0.29, 0.717) is 11.6 Å². The minimum atomic E-state index is -0.789. The quantitative estimate of drug-likeness (QED) is 0.699. The van der Waals surface area contributed by atoms with Crippen molar-refractivity contribution in [3.8, 4) is 0 Å². The number of hydrogen-bond acceptors (Lipinski definition) is 4. The number of carbonyl (C=O) groups is 1. The predicted molar refractivity (Wildman–Crippen MR) is 109 cm³/mol. The lowest BCUT2D eigenvalue weighted by Gasteiger charge is -2.46. The van der Waals surface area contributed by atoms with Crippen molar-refractivity contribution < 1.29 is 9.90 Å². The lowest BCUT2D eigenvalue weighted by Crippen LogP contribution is -2.60. The van der Waals surface area contributed by atoms with Gasteiger partial charge in [0.15, 0.2) is 5.65 Å². The number of benzene rings is 1. The predicted octanol–water partition coefficient (Wildman–Crippen LogP) is 4.14. The normalized spacial score (nSPS) is 20.2. The number of carboxylic acids is 1. The number of carboxylic acid groups (broad SMARTS) is 1. The molecule has 0 spiro atoms. The highest BCUT2D eigenvalue weighted by molar-refractivity contribution is 6.30. The summed E-state index contributed by atoms with van der Waals surface area (Å²) in [4.78, 5) is 18.3. The minimum absolute atomic E-state index is 0.0715. The van der Waals surface area contributed by atoms with Gasteiger partial charge in [-0.2, -0.15) is 9.61 Å². The maximum atomic E-state index is 11.8. The smallest absolute Gasteiger partial charge is 0.326 e. The van der Waals surface area contributed by atoms with Crippen molar-refractivity contribution in [2.75, 3.05) is 11.4 Å². The Hall–Kier alpha value is -2.60. The van der Waals surface area contributed by atoms with E-state index in [2.05, 4.69) is 11.9 Å². The second-order valence-corrected chi connectivity index (χ2v) is 7.91. The molecule has 0 radical (unpaired) electrons. The first-order valence-electron chi connectivity index (χ1n) is 9.51. The van der Waals surface area contributed by atoms with Crippen molar-refractivity contribution in [2.24, 2.45) is 5.92 Å². The molecule has 3 aromatic rings. The van der Waals surface area contributed by atoms with Gasteiger partial charge in [-0.3, -0.25) is 0 Å². The Kier molecular flexibility index (Phi) is 4.75. The van der Waals surface area contributed by atoms with E-state index in [9.17, 15) is 9.90 Å². The van der Waals surface area contributed by atoms with Gasteiger partial charge in [0.05, 0.1) is 5.69 Å². The van der Waals surface area contributed by atoms with Crippen LogP contribution in [0.3, 0.4) is 0 Å². The highest BCUT2D eigenvalue weighted by Gasteiger charge is 2.44. The number of rotatable bonds is 5. The molecule has 1 fully saturated rings. The molecule has 1 aliphatic heterocycles. The third-order valence-corrected chi connectivity index (χ3v) is 5.91. The van der Waals surface area contributed by atoms with Gasteiger partial charge in [-0.15, -0.1) is 0 Å². The molecule has 0 aliphatic carbocycles. The van der Waals surface area contributed by atoms with Crippen molar-refractivity contribution in [1.82, 2.24) is 14.6 Å². The largest absolute Gasteiger partial charge is 0.480 e. The van der Waals surface area contributed by atoms with Crippen LogP contribution in [0.15, 0.2) is 36.4 Å². The maximum Gasteiger partial charge on any atom is 0.326 e. The summed E-state index contributed by atoms with van der Waals surface area (Å²) in [5, 5.41) is 15.2. The molecular formula is C21H23ClN4O2. The van der Waals surface area contributed by atoms with Crippen LogP contribution in [0.4, 0.5) is 5.82 Å². The standard InChI is InChI=1S/C21H23ClN4O2/c1-4-14-11-25(20(14)21(27)28)19-9-12(2)23-18-10-17(24-26(18)19)13(3)15-5-7-16(22)8-6-15/h5-10,13-14,20H,4,11H2,1-3H3,(H,27,28)/t13?,14-,20-/m1/s1. The fraction of sp³-hybridized carbons (Fsp3) is 0.381. The molecule has 0 amide bonds. The van der Waals surface area contributed by atoms with Gasteiger partial charge >= 0.3 is 5.97 Å². The van der Waals surface area contributed by atoms with Gasteiger partial charge in [-0.05, 0) is 31.0 Å². The summed E-state index contributed by atoms with van der Waals surface area (Å²) in [6.07, 6.45) is 0.846. The first-order valence-corrected chi connectivity index (χ1v) is 9.89. The zero-order valence-corrected chi connectivity index (χ0v) is 16.9. The monoisotopic (exact) mass is 398 g/mol. The van der Waals surface area contributed by atoms with Crippen LogP contribution < -0.4 is 4.90 Å². The highest BCUT2D eigenvalue weighted by Crippen LogP contribution is 2.34. The minimum Gasteiger partial charge on any atom is -0.480 e. The number of fused-ring (bicyclic) bond motifs is 1. The first-order chi connectivity index (χ1) is 13.4. The third kappa shape index (κ3) is 3.11. The van der Waals surface area contributed by atoms with Crippen LogP contribution in [-0.4, -0.2) is 38.3 Å². The van der Waals surface area contributed by atoms with Crippen LogP contribution in [0.2, 0.25) is 5.02 Å². The van der Waals surface area contributed by atoms with E-state index in [1.165, 1.54) is 0 Å². The molecule has 3 heterocycles. The second-order valence-electron chi connectivity index (χ2n) is 7.47. The zero-order valence-electron chi connectivity index (χ0n) is 16.1. The van der Waals surface area contributed by atoms with E-state index < -0.39 is 12.0 Å². The van der Waals surface area contributed by atoms with Gasteiger partial charge in [-0.1, -0.05) is 37.6 Å². The maximum absolute atomic E-state index is 11.8. The number of hydrogen-bond donors (Lipinski definition) is 1. The molecule has 1 unspecified atom stereocenters. The Balaban J connectivity index is 1.75.